The van der Waals surface area contributed by atoms with Crippen molar-refractivity contribution in [1.29, 1.82) is 0 Å². The largest absolute Gasteiger partial charge is 0.372 e. The van der Waals surface area contributed by atoms with Crippen LogP contribution in [0.25, 0.3) is 0 Å². The third-order valence-corrected chi connectivity index (χ3v) is 4.45. The third-order valence-electron chi connectivity index (χ3n) is 4.45. The van der Waals surface area contributed by atoms with Crippen LogP contribution in [0.1, 0.15) is 19.4 Å². The second-order valence-corrected chi connectivity index (χ2v) is 6.83. The number of benzene rings is 2. The number of rotatable bonds is 5. The van der Waals surface area contributed by atoms with Gasteiger partial charge in [-0.2, -0.15) is 0 Å². The molecule has 2 aromatic rings. The van der Waals surface area contributed by atoms with Gasteiger partial charge in [0.15, 0.2) is 0 Å². The molecular weight excluding hydrogens is 326 g/mol. The smallest absolute Gasteiger partial charge is 0.319 e. The van der Waals surface area contributed by atoms with Gasteiger partial charge in [-0.15, -0.1) is 0 Å². The monoisotopic (exact) mass is 353 g/mol. The zero-order chi connectivity index (χ0) is 18.4. The first kappa shape index (κ1) is 18.3. The Morgan fingerprint density at radius 2 is 1.69 bits per heavy atom. The number of hydrogen-bond donors (Lipinski definition) is 2. The molecule has 5 nitrogen and oxygen atoms in total. The van der Waals surface area contributed by atoms with Crippen molar-refractivity contribution < 1.29 is 9.53 Å². The Bertz CT molecular complexity index is 693. The zero-order valence-electron chi connectivity index (χ0n) is 15.4. The normalized spacial score (nSPS) is 19.8. The topological polar surface area (TPSA) is 53.6 Å². The maximum atomic E-state index is 12.0. The fourth-order valence-electron chi connectivity index (χ4n) is 3.28. The van der Waals surface area contributed by atoms with Gasteiger partial charge in [-0.25, -0.2) is 4.79 Å². The van der Waals surface area contributed by atoms with Crippen LogP contribution < -0.4 is 15.5 Å². The fourth-order valence-corrected chi connectivity index (χ4v) is 3.28. The van der Waals surface area contributed by atoms with E-state index in [0.29, 0.717) is 6.54 Å². The predicted octanol–water partition coefficient (Wildman–Crippen LogP) is 3.66. The molecule has 0 bridgehead atoms. The highest BCUT2D eigenvalue weighted by Crippen LogP contribution is 2.22. The van der Waals surface area contributed by atoms with Crippen molar-refractivity contribution in [3.63, 3.8) is 0 Å². The third kappa shape index (κ3) is 5.23. The maximum absolute atomic E-state index is 12.0. The number of carbonyl (C=O) groups excluding carboxylic acids is 1. The van der Waals surface area contributed by atoms with Gasteiger partial charge in [-0.3, -0.25) is 0 Å². The van der Waals surface area contributed by atoms with Crippen molar-refractivity contribution in [2.45, 2.75) is 32.5 Å². The lowest BCUT2D eigenvalue weighted by Gasteiger charge is -2.36. The number of morpholine rings is 1. The molecule has 0 aliphatic carbocycles. The summed E-state index contributed by atoms with van der Waals surface area (Å²) in [6, 6.07) is 17.9. The number of urea groups is 1. The van der Waals surface area contributed by atoms with E-state index in [-0.39, 0.29) is 18.2 Å². The molecule has 2 atom stereocenters. The van der Waals surface area contributed by atoms with Crippen LogP contribution in [0.5, 0.6) is 0 Å². The molecule has 1 fully saturated rings. The van der Waals surface area contributed by atoms with Crippen molar-refractivity contribution in [2.75, 3.05) is 29.9 Å². The van der Waals surface area contributed by atoms with Crippen LogP contribution in [0, 0.1) is 0 Å². The van der Waals surface area contributed by atoms with Gasteiger partial charge in [0.25, 0.3) is 0 Å². The molecule has 2 aromatic carbocycles. The summed E-state index contributed by atoms with van der Waals surface area (Å²) in [4.78, 5) is 14.3. The molecule has 0 saturated carbocycles. The molecule has 1 heterocycles. The molecule has 138 valence electrons. The quantitative estimate of drug-likeness (QED) is 0.862. The molecule has 0 radical (unpaired) electrons. The second-order valence-electron chi connectivity index (χ2n) is 6.83. The SMILES string of the molecule is CC1CN(c2ccc(NC(=O)NCCc3ccccc3)cc2)CC(C)O1. The summed E-state index contributed by atoms with van der Waals surface area (Å²) in [6.07, 6.45) is 1.28. The van der Waals surface area contributed by atoms with Crippen molar-refractivity contribution >= 4 is 17.4 Å². The lowest BCUT2D eigenvalue weighted by molar-refractivity contribution is -0.00521. The van der Waals surface area contributed by atoms with Crippen LogP contribution in [0.15, 0.2) is 54.6 Å². The van der Waals surface area contributed by atoms with Gasteiger partial charge in [0.05, 0.1) is 12.2 Å². The number of ether oxygens (including phenoxy) is 1. The number of nitrogens with one attached hydrogen (secondary N) is 2. The summed E-state index contributed by atoms with van der Waals surface area (Å²) in [5, 5.41) is 5.77. The highest BCUT2D eigenvalue weighted by atomic mass is 16.5. The molecule has 3 rings (SSSR count). The average Bonchev–Trinajstić information content (AvgIpc) is 2.62. The number of anilines is 2. The van der Waals surface area contributed by atoms with E-state index in [1.54, 1.807) is 0 Å². The molecule has 1 aliphatic rings. The molecule has 5 heteroatoms. The Hall–Kier alpha value is -2.53. The van der Waals surface area contributed by atoms with Crippen LogP contribution in [0.2, 0.25) is 0 Å². The highest BCUT2D eigenvalue weighted by Gasteiger charge is 2.22. The van der Waals surface area contributed by atoms with Crippen LogP contribution in [-0.4, -0.2) is 37.9 Å². The summed E-state index contributed by atoms with van der Waals surface area (Å²) in [5.74, 6) is 0. The molecular formula is C21H27N3O2. The van der Waals surface area contributed by atoms with E-state index >= 15 is 0 Å². The van der Waals surface area contributed by atoms with Crippen molar-refractivity contribution in [2.24, 2.45) is 0 Å². The minimum Gasteiger partial charge on any atom is -0.372 e. The Morgan fingerprint density at radius 3 is 2.35 bits per heavy atom. The minimum absolute atomic E-state index is 0.178. The first-order valence-corrected chi connectivity index (χ1v) is 9.19. The number of carbonyl (C=O) groups is 1. The van der Waals surface area contributed by atoms with Gasteiger partial charge < -0.3 is 20.3 Å². The van der Waals surface area contributed by atoms with Crippen molar-refractivity contribution in [3.8, 4) is 0 Å². The van der Waals surface area contributed by atoms with Crippen molar-refractivity contribution in [3.05, 3.63) is 60.2 Å². The highest BCUT2D eigenvalue weighted by molar-refractivity contribution is 5.89. The van der Waals surface area contributed by atoms with Crippen LogP contribution in [0.3, 0.4) is 0 Å². The molecule has 0 spiro atoms. The van der Waals surface area contributed by atoms with E-state index in [1.807, 2.05) is 42.5 Å². The Balaban J connectivity index is 1.47. The predicted molar refractivity (Wildman–Crippen MR) is 106 cm³/mol. The molecule has 2 N–H and O–H groups in total. The summed E-state index contributed by atoms with van der Waals surface area (Å²) in [6.45, 7) is 6.57. The van der Waals surface area contributed by atoms with E-state index in [4.69, 9.17) is 4.74 Å². The summed E-state index contributed by atoms with van der Waals surface area (Å²) < 4.78 is 5.78. The number of amides is 2. The Kier molecular flexibility index (Phi) is 6.12. The number of nitrogens with zero attached hydrogens (tertiary/aromatic N) is 1. The first-order valence-electron chi connectivity index (χ1n) is 9.19. The zero-order valence-corrected chi connectivity index (χ0v) is 15.4. The van der Waals surface area contributed by atoms with E-state index in [0.717, 1.165) is 30.9 Å². The van der Waals surface area contributed by atoms with E-state index < -0.39 is 0 Å². The summed E-state index contributed by atoms with van der Waals surface area (Å²) >= 11 is 0. The minimum atomic E-state index is -0.178. The molecule has 26 heavy (non-hydrogen) atoms. The standard InChI is InChI=1S/C21H27N3O2/c1-16-14-24(15-17(2)26-16)20-10-8-19(9-11-20)23-21(25)22-13-12-18-6-4-3-5-7-18/h3-11,16-17H,12-15H2,1-2H3,(H2,22,23,25). The molecule has 1 saturated heterocycles. The molecule has 0 aromatic heterocycles. The van der Waals surface area contributed by atoms with Crippen LogP contribution in [0.4, 0.5) is 16.2 Å². The van der Waals surface area contributed by atoms with Crippen LogP contribution >= 0.6 is 0 Å². The second kappa shape index (κ2) is 8.72. The van der Waals surface area contributed by atoms with Crippen molar-refractivity contribution in [1.82, 2.24) is 5.32 Å². The van der Waals surface area contributed by atoms with Gasteiger partial charge in [0, 0.05) is 31.0 Å². The van der Waals surface area contributed by atoms with Gasteiger partial charge in [-0.05, 0) is 50.1 Å². The maximum Gasteiger partial charge on any atom is 0.319 e. The summed E-state index contributed by atoms with van der Waals surface area (Å²) in [7, 11) is 0. The van der Waals surface area contributed by atoms with Gasteiger partial charge >= 0.3 is 6.03 Å². The van der Waals surface area contributed by atoms with E-state index in [9.17, 15) is 4.79 Å². The lowest BCUT2D eigenvalue weighted by atomic mass is 10.1. The first-order chi connectivity index (χ1) is 12.6. The average molecular weight is 353 g/mol. The molecule has 2 unspecified atom stereocenters. The fraction of sp³-hybridized carbons (Fsp3) is 0.381. The number of hydrogen-bond acceptors (Lipinski definition) is 3. The van der Waals surface area contributed by atoms with Gasteiger partial charge in [-0.1, -0.05) is 30.3 Å². The molecule has 1 aliphatic heterocycles. The van der Waals surface area contributed by atoms with E-state index in [1.165, 1.54) is 5.56 Å². The van der Waals surface area contributed by atoms with Crippen LogP contribution in [-0.2, 0) is 11.2 Å². The lowest BCUT2D eigenvalue weighted by Crippen LogP contribution is -2.45. The Labute approximate surface area is 155 Å². The summed E-state index contributed by atoms with van der Waals surface area (Å²) in [5.41, 5.74) is 3.16. The van der Waals surface area contributed by atoms with Gasteiger partial charge in [0.1, 0.15) is 0 Å². The molecule has 2 amide bonds. The van der Waals surface area contributed by atoms with Gasteiger partial charge in [0.2, 0.25) is 0 Å². The van der Waals surface area contributed by atoms with E-state index in [2.05, 4.69) is 41.5 Å². The Morgan fingerprint density at radius 1 is 1.04 bits per heavy atom.